The molecule has 0 aromatic heterocycles. The Morgan fingerprint density at radius 1 is 1.02 bits per heavy atom. The van der Waals surface area contributed by atoms with Crippen LogP contribution in [-0.2, 0) is 8.85 Å². The highest BCUT2D eigenvalue weighted by molar-refractivity contribution is 8.00. The van der Waals surface area contributed by atoms with Gasteiger partial charge in [-0.1, -0.05) is 90.3 Å². The van der Waals surface area contributed by atoms with Gasteiger partial charge in [0.05, 0.1) is 17.8 Å². The van der Waals surface area contributed by atoms with Crippen LogP contribution in [0.4, 0.5) is 0 Å². The van der Waals surface area contributed by atoms with Crippen molar-refractivity contribution in [2.45, 2.75) is 180 Å². The van der Waals surface area contributed by atoms with Gasteiger partial charge in [-0.2, -0.15) is 11.8 Å². The van der Waals surface area contributed by atoms with Gasteiger partial charge in [0.15, 0.2) is 16.6 Å². The SMILES string of the molecule is CC[Si](CC)(CC)OC(C)(C)CCCSC(C)C1=CC[C@H]2C3=CC=C4CC(O)CC(O[Si](C)(C)C(C)(C)C)[C@]4(C)[C@H]3CC[C@]12C. The van der Waals surface area contributed by atoms with E-state index in [-0.39, 0.29) is 33.7 Å². The van der Waals surface area contributed by atoms with E-state index in [1.807, 2.05) is 0 Å². The molecule has 4 aliphatic carbocycles. The summed E-state index contributed by atoms with van der Waals surface area (Å²) in [4.78, 5) is 0. The van der Waals surface area contributed by atoms with Crippen LogP contribution in [0.5, 0.6) is 0 Å². The minimum absolute atomic E-state index is 0.0165. The molecule has 0 radical (unpaired) electrons. The van der Waals surface area contributed by atoms with Crippen molar-refractivity contribution in [1.29, 1.82) is 0 Å². The summed E-state index contributed by atoms with van der Waals surface area (Å²) in [6.45, 7) is 31.0. The fourth-order valence-corrected chi connectivity index (χ4v) is 15.2. The molecule has 0 saturated heterocycles. The van der Waals surface area contributed by atoms with E-state index >= 15 is 0 Å². The Kier molecular flexibility index (Phi) is 11.4. The van der Waals surface area contributed by atoms with Gasteiger partial charge in [0.1, 0.15) is 0 Å². The second-order valence-electron chi connectivity index (χ2n) is 17.8. The number of rotatable bonds is 13. The summed E-state index contributed by atoms with van der Waals surface area (Å²) in [5, 5.41) is 11.7. The fourth-order valence-electron chi connectivity index (χ4n) is 9.43. The largest absolute Gasteiger partial charge is 0.413 e. The standard InChI is InChI=1S/C39H70O3SSi2/c1-14-45(15-2,16-3)42-37(8,9)23-17-25-43-28(4)32-20-21-33-31-19-18-29-26-30(40)27-35(41-44(12,13)36(5,6)7)39(29,11)34(31)22-24-38(32,33)10/h18-20,28,30,33-35,40H,14-17,21-27H2,1-13H3/t28?,30?,33-,34-,35?,38+,39-/m0/s1. The summed E-state index contributed by atoms with van der Waals surface area (Å²) in [6, 6.07) is 3.68. The van der Waals surface area contributed by atoms with Crippen LogP contribution in [0.15, 0.2) is 34.9 Å². The number of hydrogen-bond donors (Lipinski definition) is 1. The molecule has 4 rings (SSSR count). The lowest BCUT2D eigenvalue weighted by Gasteiger charge is -2.58. The molecule has 2 fully saturated rings. The fraction of sp³-hybridized carbons (Fsp3) is 0.846. The highest BCUT2D eigenvalue weighted by Crippen LogP contribution is 2.65. The van der Waals surface area contributed by atoms with E-state index in [9.17, 15) is 5.11 Å². The maximum absolute atomic E-state index is 11.0. The molecule has 0 aromatic rings. The van der Waals surface area contributed by atoms with Gasteiger partial charge in [0, 0.05) is 10.7 Å². The van der Waals surface area contributed by atoms with Gasteiger partial charge >= 0.3 is 0 Å². The molecule has 0 bridgehead atoms. The van der Waals surface area contributed by atoms with Crippen LogP contribution >= 0.6 is 11.8 Å². The van der Waals surface area contributed by atoms with Crippen LogP contribution in [0, 0.1) is 22.7 Å². The lowest BCUT2D eigenvalue weighted by molar-refractivity contribution is -0.0417. The lowest BCUT2D eigenvalue weighted by Crippen LogP contribution is -2.57. The Bertz CT molecular complexity index is 1140. The molecule has 2 saturated carbocycles. The summed E-state index contributed by atoms with van der Waals surface area (Å²) >= 11 is 2.17. The van der Waals surface area contributed by atoms with Gasteiger partial charge < -0.3 is 14.0 Å². The lowest BCUT2D eigenvalue weighted by atomic mass is 9.49. The van der Waals surface area contributed by atoms with Crippen LogP contribution in [0.2, 0.25) is 36.3 Å². The number of fused-ring (bicyclic) bond motifs is 5. The summed E-state index contributed by atoms with van der Waals surface area (Å²) in [5.74, 6) is 2.31. The smallest absolute Gasteiger partial charge is 0.192 e. The molecular weight excluding hydrogens is 605 g/mol. The van der Waals surface area contributed by atoms with Gasteiger partial charge in [-0.05, 0) is 125 Å². The molecule has 0 heterocycles. The molecule has 4 aliphatic rings. The minimum Gasteiger partial charge on any atom is -0.413 e. The summed E-state index contributed by atoms with van der Waals surface area (Å²) in [7, 11) is -3.58. The normalized spacial score (nSPS) is 33.1. The Balaban J connectivity index is 1.44. The van der Waals surface area contributed by atoms with Crippen LogP contribution < -0.4 is 0 Å². The molecule has 3 unspecified atom stereocenters. The van der Waals surface area contributed by atoms with Crippen molar-refractivity contribution in [3.63, 3.8) is 0 Å². The zero-order valence-electron chi connectivity index (χ0n) is 31.6. The number of aliphatic hydroxyl groups excluding tert-OH is 1. The first-order valence-corrected chi connectivity index (χ1v) is 25.1. The Labute approximate surface area is 285 Å². The first-order valence-electron chi connectivity index (χ1n) is 18.6. The predicted octanol–water partition coefficient (Wildman–Crippen LogP) is 11.5. The average molecular weight is 675 g/mol. The predicted molar refractivity (Wildman–Crippen MR) is 202 cm³/mol. The molecule has 0 aliphatic heterocycles. The zero-order valence-corrected chi connectivity index (χ0v) is 34.4. The van der Waals surface area contributed by atoms with Gasteiger partial charge in [0.25, 0.3) is 0 Å². The second-order valence-corrected chi connectivity index (χ2v) is 28.7. The van der Waals surface area contributed by atoms with Crippen molar-refractivity contribution in [3.05, 3.63) is 34.9 Å². The van der Waals surface area contributed by atoms with Crippen molar-refractivity contribution in [3.8, 4) is 0 Å². The first kappa shape index (κ1) is 37.7. The summed E-state index contributed by atoms with van der Waals surface area (Å²) < 4.78 is 14.1. The van der Waals surface area contributed by atoms with Crippen molar-refractivity contribution in [2.24, 2.45) is 22.7 Å². The van der Waals surface area contributed by atoms with E-state index in [4.69, 9.17) is 8.85 Å². The molecule has 7 atom stereocenters. The molecule has 0 amide bonds. The van der Waals surface area contributed by atoms with Gasteiger partial charge in [-0.15, -0.1) is 0 Å². The van der Waals surface area contributed by atoms with Crippen LogP contribution in [0.3, 0.4) is 0 Å². The number of allylic oxidation sites excluding steroid dienone is 4. The number of thioether (sulfide) groups is 1. The summed E-state index contributed by atoms with van der Waals surface area (Å²) in [6.07, 6.45) is 14.9. The van der Waals surface area contributed by atoms with Crippen molar-refractivity contribution in [2.75, 3.05) is 5.75 Å². The minimum atomic E-state index is -1.99. The number of aliphatic hydroxyl groups is 1. The van der Waals surface area contributed by atoms with E-state index in [0.29, 0.717) is 17.1 Å². The third kappa shape index (κ3) is 7.27. The Morgan fingerprint density at radius 2 is 1.67 bits per heavy atom. The molecule has 258 valence electrons. The monoisotopic (exact) mass is 674 g/mol. The van der Waals surface area contributed by atoms with E-state index in [2.05, 4.69) is 119 Å². The first-order chi connectivity index (χ1) is 20.8. The number of hydrogen-bond acceptors (Lipinski definition) is 4. The molecule has 3 nitrogen and oxygen atoms in total. The van der Waals surface area contributed by atoms with Crippen LogP contribution in [0.1, 0.15) is 121 Å². The van der Waals surface area contributed by atoms with Crippen LogP contribution in [0.25, 0.3) is 0 Å². The van der Waals surface area contributed by atoms with Crippen molar-refractivity contribution >= 4 is 28.4 Å². The highest BCUT2D eigenvalue weighted by atomic mass is 32.2. The summed E-state index contributed by atoms with van der Waals surface area (Å²) in [5.41, 5.74) is 5.02. The maximum atomic E-state index is 11.0. The Hall–Kier alpha value is -0.116. The van der Waals surface area contributed by atoms with E-state index < -0.39 is 16.6 Å². The van der Waals surface area contributed by atoms with Crippen molar-refractivity contribution < 1.29 is 14.0 Å². The van der Waals surface area contributed by atoms with Crippen molar-refractivity contribution in [1.82, 2.24) is 0 Å². The Morgan fingerprint density at radius 3 is 2.27 bits per heavy atom. The topological polar surface area (TPSA) is 38.7 Å². The molecular formula is C39H70O3SSi2. The maximum Gasteiger partial charge on any atom is 0.192 e. The van der Waals surface area contributed by atoms with E-state index in [1.165, 1.54) is 55.1 Å². The third-order valence-corrected chi connectivity index (χ3v) is 24.3. The molecule has 0 aromatic carbocycles. The highest BCUT2D eigenvalue weighted by Gasteiger charge is 2.58. The average Bonchev–Trinajstić information content (AvgIpc) is 3.31. The molecule has 6 heteroatoms. The zero-order chi connectivity index (χ0) is 33.6. The van der Waals surface area contributed by atoms with Gasteiger partial charge in [0.2, 0.25) is 0 Å². The van der Waals surface area contributed by atoms with Crippen LogP contribution in [-0.4, -0.2) is 50.6 Å². The quantitative estimate of drug-likeness (QED) is 0.120. The molecule has 1 N–H and O–H groups in total. The van der Waals surface area contributed by atoms with Gasteiger partial charge in [-0.25, -0.2) is 0 Å². The van der Waals surface area contributed by atoms with E-state index in [1.54, 1.807) is 11.1 Å². The molecule has 0 spiro atoms. The van der Waals surface area contributed by atoms with E-state index in [0.717, 1.165) is 19.3 Å². The van der Waals surface area contributed by atoms with Gasteiger partial charge in [-0.3, -0.25) is 0 Å². The molecule has 45 heavy (non-hydrogen) atoms. The second kappa shape index (κ2) is 13.7. The third-order valence-electron chi connectivity index (χ3n) is 13.7.